The average Bonchev–Trinajstić information content (AvgIpc) is 3.22. The van der Waals surface area contributed by atoms with Gasteiger partial charge in [0.2, 0.25) is 0 Å². The van der Waals surface area contributed by atoms with Crippen molar-refractivity contribution in [2.45, 2.75) is 38.1 Å². The zero-order chi connectivity index (χ0) is 19.6. The SMILES string of the molecule is O=C(C1=CC=CN2CCS(=O)(=O)N=C12)N(CCc1ccccc1)C1CCCC1. The molecule has 1 saturated carbocycles. The lowest BCUT2D eigenvalue weighted by Gasteiger charge is -2.34. The Hall–Kier alpha value is -2.41. The topological polar surface area (TPSA) is 70.0 Å². The third-order valence-corrected chi connectivity index (χ3v) is 6.75. The van der Waals surface area contributed by atoms with Crippen LogP contribution in [0.5, 0.6) is 0 Å². The summed E-state index contributed by atoms with van der Waals surface area (Å²) in [7, 11) is -3.52. The van der Waals surface area contributed by atoms with Crippen LogP contribution in [-0.4, -0.2) is 54.8 Å². The lowest BCUT2D eigenvalue weighted by molar-refractivity contribution is -0.128. The lowest BCUT2D eigenvalue weighted by atomic mass is 10.1. The predicted octanol–water partition coefficient (Wildman–Crippen LogP) is 2.50. The number of carbonyl (C=O) groups is 1. The van der Waals surface area contributed by atoms with Crippen LogP contribution in [0.25, 0.3) is 0 Å². The number of nitrogens with zero attached hydrogens (tertiary/aromatic N) is 3. The van der Waals surface area contributed by atoms with E-state index >= 15 is 0 Å². The van der Waals surface area contributed by atoms with Crippen molar-refractivity contribution in [2.24, 2.45) is 4.40 Å². The molecule has 148 valence electrons. The monoisotopic (exact) mass is 399 g/mol. The van der Waals surface area contributed by atoms with Crippen molar-refractivity contribution < 1.29 is 13.2 Å². The van der Waals surface area contributed by atoms with E-state index in [1.165, 1.54) is 5.56 Å². The molecule has 1 aromatic carbocycles. The molecule has 0 aromatic heterocycles. The van der Waals surface area contributed by atoms with Crippen molar-refractivity contribution in [3.05, 3.63) is 59.8 Å². The van der Waals surface area contributed by atoms with Gasteiger partial charge in [-0.25, -0.2) is 8.42 Å². The van der Waals surface area contributed by atoms with Gasteiger partial charge in [0.05, 0.1) is 11.3 Å². The standard InChI is InChI=1S/C21H25N3O3S/c25-21(19-11-6-13-23-15-16-28(26,27)22-20(19)23)24(18-9-4-5-10-18)14-12-17-7-2-1-3-8-17/h1-3,6-8,11,13,18H,4-5,9-10,12,14-16H2. The third kappa shape index (κ3) is 4.04. The number of hydrogen-bond acceptors (Lipinski definition) is 4. The first kappa shape index (κ1) is 18.9. The molecule has 0 atom stereocenters. The Labute approximate surface area is 166 Å². The van der Waals surface area contributed by atoms with Gasteiger partial charge in [0.15, 0.2) is 5.84 Å². The van der Waals surface area contributed by atoms with Gasteiger partial charge in [0.1, 0.15) is 0 Å². The summed E-state index contributed by atoms with van der Waals surface area (Å²) in [4.78, 5) is 17.2. The summed E-state index contributed by atoms with van der Waals surface area (Å²) in [6.45, 7) is 0.949. The molecule has 0 N–H and O–H groups in total. The van der Waals surface area contributed by atoms with E-state index in [1.807, 2.05) is 23.1 Å². The molecule has 0 saturated heterocycles. The second-order valence-electron chi connectivity index (χ2n) is 7.49. The second kappa shape index (κ2) is 7.91. The number of amidine groups is 1. The molecule has 1 amide bonds. The summed E-state index contributed by atoms with van der Waals surface area (Å²) in [5, 5.41) is 0. The molecule has 3 aliphatic rings. The fourth-order valence-corrected chi connectivity index (χ4v) is 5.08. The van der Waals surface area contributed by atoms with Gasteiger partial charge in [-0.05, 0) is 37.0 Å². The summed E-state index contributed by atoms with van der Waals surface area (Å²) in [6, 6.07) is 10.3. The van der Waals surface area contributed by atoms with Gasteiger partial charge in [-0.1, -0.05) is 43.2 Å². The van der Waals surface area contributed by atoms with Crippen molar-refractivity contribution >= 4 is 21.8 Å². The van der Waals surface area contributed by atoms with E-state index in [1.54, 1.807) is 23.3 Å². The normalized spacial score (nSPS) is 21.1. The van der Waals surface area contributed by atoms with Crippen LogP contribution in [0, 0.1) is 0 Å². The molecule has 0 spiro atoms. The Morgan fingerprint density at radius 1 is 1.18 bits per heavy atom. The Kier molecular flexibility index (Phi) is 5.35. The molecule has 1 fully saturated rings. The first-order valence-corrected chi connectivity index (χ1v) is 11.5. The quantitative estimate of drug-likeness (QED) is 0.763. The van der Waals surface area contributed by atoms with Crippen LogP contribution in [-0.2, 0) is 21.2 Å². The van der Waals surface area contributed by atoms with Crippen LogP contribution >= 0.6 is 0 Å². The number of hydrogen-bond donors (Lipinski definition) is 0. The first-order valence-electron chi connectivity index (χ1n) is 9.86. The van der Waals surface area contributed by atoms with Gasteiger partial charge in [-0.15, -0.1) is 4.40 Å². The van der Waals surface area contributed by atoms with Gasteiger partial charge in [0.25, 0.3) is 15.9 Å². The van der Waals surface area contributed by atoms with Crippen LogP contribution in [0.3, 0.4) is 0 Å². The highest BCUT2D eigenvalue weighted by Gasteiger charge is 2.34. The minimum absolute atomic E-state index is 0.0251. The fraction of sp³-hybridized carbons (Fsp3) is 0.429. The van der Waals surface area contributed by atoms with Crippen molar-refractivity contribution in [3.63, 3.8) is 0 Å². The Morgan fingerprint density at radius 2 is 1.93 bits per heavy atom. The maximum absolute atomic E-state index is 13.5. The third-order valence-electron chi connectivity index (χ3n) is 5.60. The maximum Gasteiger partial charge on any atom is 0.257 e. The molecule has 0 bridgehead atoms. The molecule has 6 nitrogen and oxygen atoms in total. The highest BCUT2D eigenvalue weighted by molar-refractivity contribution is 7.90. The van der Waals surface area contributed by atoms with Crippen molar-refractivity contribution in [3.8, 4) is 0 Å². The van der Waals surface area contributed by atoms with Crippen LogP contribution in [0.1, 0.15) is 31.2 Å². The molecular formula is C21H25N3O3S. The molecule has 2 aliphatic heterocycles. The number of allylic oxidation sites excluding steroid dienone is 2. The molecule has 1 aromatic rings. The van der Waals surface area contributed by atoms with Gasteiger partial charge in [-0.3, -0.25) is 4.79 Å². The van der Waals surface area contributed by atoms with Crippen LogP contribution < -0.4 is 0 Å². The van der Waals surface area contributed by atoms with E-state index in [0.29, 0.717) is 18.7 Å². The highest BCUT2D eigenvalue weighted by atomic mass is 32.2. The Morgan fingerprint density at radius 3 is 2.68 bits per heavy atom. The molecular weight excluding hydrogens is 374 g/mol. The molecule has 28 heavy (non-hydrogen) atoms. The zero-order valence-electron chi connectivity index (χ0n) is 15.8. The molecule has 0 unspecified atom stereocenters. The summed E-state index contributed by atoms with van der Waals surface area (Å²) in [6.07, 6.45) is 10.3. The van der Waals surface area contributed by atoms with E-state index in [9.17, 15) is 13.2 Å². The van der Waals surface area contributed by atoms with Gasteiger partial charge >= 0.3 is 0 Å². The number of rotatable bonds is 5. The van der Waals surface area contributed by atoms with E-state index in [-0.39, 0.29) is 23.5 Å². The van der Waals surface area contributed by atoms with E-state index in [0.717, 1.165) is 32.1 Å². The first-order chi connectivity index (χ1) is 13.5. The van der Waals surface area contributed by atoms with Gasteiger partial charge < -0.3 is 9.80 Å². The number of carbonyl (C=O) groups excluding carboxylic acids is 1. The van der Waals surface area contributed by atoms with Crippen molar-refractivity contribution in [1.82, 2.24) is 9.80 Å². The van der Waals surface area contributed by atoms with Crippen LogP contribution in [0.4, 0.5) is 0 Å². The van der Waals surface area contributed by atoms with Gasteiger partial charge in [0, 0.05) is 25.3 Å². The maximum atomic E-state index is 13.5. The Balaban J connectivity index is 1.60. The summed E-state index contributed by atoms with van der Waals surface area (Å²) >= 11 is 0. The largest absolute Gasteiger partial charge is 0.335 e. The number of sulfonamides is 1. The minimum atomic E-state index is -3.52. The van der Waals surface area contributed by atoms with Crippen LogP contribution in [0.2, 0.25) is 0 Å². The number of amides is 1. The number of benzene rings is 1. The summed E-state index contributed by atoms with van der Waals surface area (Å²) in [5.41, 5.74) is 1.57. The van der Waals surface area contributed by atoms with Crippen molar-refractivity contribution in [1.29, 1.82) is 0 Å². The molecule has 0 radical (unpaired) electrons. The molecule has 4 rings (SSSR count). The van der Waals surface area contributed by atoms with E-state index < -0.39 is 10.0 Å². The number of fused-ring (bicyclic) bond motifs is 1. The predicted molar refractivity (Wildman–Crippen MR) is 109 cm³/mol. The van der Waals surface area contributed by atoms with Crippen LogP contribution in [0.15, 0.2) is 58.7 Å². The fourth-order valence-electron chi connectivity index (χ4n) is 4.10. The zero-order valence-corrected chi connectivity index (χ0v) is 16.6. The average molecular weight is 400 g/mol. The minimum Gasteiger partial charge on any atom is -0.335 e. The molecule has 2 heterocycles. The van der Waals surface area contributed by atoms with Crippen molar-refractivity contribution in [2.75, 3.05) is 18.8 Å². The van der Waals surface area contributed by atoms with E-state index in [2.05, 4.69) is 16.5 Å². The lowest BCUT2D eigenvalue weighted by Crippen LogP contribution is -2.46. The molecule has 1 aliphatic carbocycles. The molecule has 7 heteroatoms. The smallest absolute Gasteiger partial charge is 0.257 e. The van der Waals surface area contributed by atoms with Gasteiger partial charge in [-0.2, -0.15) is 0 Å². The highest BCUT2D eigenvalue weighted by Crippen LogP contribution is 2.27. The van der Waals surface area contributed by atoms with E-state index in [4.69, 9.17) is 0 Å². The summed E-state index contributed by atoms with van der Waals surface area (Å²) < 4.78 is 28.0. The summed E-state index contributed by atoms with van der Waals surface area (Å²) in [5.74, 6) is 0.123. The second-order valence-corrected chi connectivity index (χ2v) is 9.24. The Bertz CT molecular complexity index is 929.